The van der Waals surface area contributed by atoms with Crippen molar-refractivity contribution in [2.24, 2.45) is 0 Å². The Kier molecular flexibility index (Phi) is 5.67. The molecule has 0 saturated carbocycles. The fraction of sp³-hybridized carbons (Fsp3) is 0.0833. The van der Waals surface area contributed by atoms with E-state index >= 15 is 0 Å². The Balaban J connectivity index is 1.66. The zero-order chi connectivity index (χ0) is 22.1. The van der Waals surface area contributed by atoms with Crippen LogP contribution in [0.3, 0.4) is 0 Å². The van der Waals surface area contributed by atoms with Crippen LogP contribution in [0.15, 0.2) is 63.8 Å². The molecule has 0 bridgehead atoms. The van der Waals surface area contributed by atoms with Crippen LogP contribution in [0.1, 0.15) is 27.2 Å². The van der Waals surface area contributed by atoms with Gasteiger partial charge in [0.05, 0.1) is 26.3 Å². The van der Waals surface area contributed by atoms with Crippen molar-refractivity contribution in [1.29, 1.82) is 0 Å². The average Bonchev–Trinajstić information content (AvgIpc) is 3.30. The van der Waals surface area contributed by atoms with E-state index in [1.807, 2.05) is 31.2 Å². The first kappa shape index (κ1) is 20.9. The lowest BCUT2D eigenvalue weighted by Gasteiger charge is -2.02. The maximum atomic E-state index is 12.9. The summed E-state index contributed by atoms with van der Waals surface area (Å²) < 4.78 is 8.65. The van der Waals surface area contributed by atoms with Crippen LogP contribution in [0.5, 0.6) is 0 Å². The number of furan rings is 1. The van der Waals surface area contributed by atoms with Crippen LogP contribution >= 0.6 is 22.9 Å². The van der Waals surface area contributed by atoms with Crippen molar-refractivity contribution in [3.63, 3.8) is 0 Å². The molecule has 2 aromatic heterocycles. The number of thiazole rings is 1. The number of benzene rings is 2. The number of hydrogen-bond acceptors (Lipinski definition) is 4. The third-order valence-corrected chi connectivity index (χ3v) is 6.13. The molecule has 1 N–H and O–H groups in total. The van der Waals surface area contributed by atoms with Gasteiger partial charge in [0.15, 0.2) is 0 Å². The first-order valence-corrected chi connectivity index (χ1v) is 10.6. The van der Waals surface area contributed by atoms with Gasteiger partial charge < -0.3 is 9.52 Å². The molecule has 0 saturated heterocycles. The summed E-state index contributed by atoms with van der Waals surface area (Å²) in [7, 11) is 0. The fourth-order valence-electron chi connectivity index (χ4n) is 3.16. The quantitative estimate of drug-likeness (QED) is 0.495. The van der Waals surface area contributed by atoms with Crippen LogP contribution in [0.4, 0.5) is 0 Å². The van der Waals surface area contributed by atoms with Gasteiger partial charge in [0.2, 0.25) is 0 Å². The van der Waals surface area contributed by atoms with Gasteiger partial charge in [0.25, 0.3) is 5.56 Å². The highest BCUT2D eigenvalue weighted by molar-refractivity contribution is 7.07. The average molecular weight is 452 g/mol. The molecule has 0 aliphatic carbocycles. The lowest BCUT2D eigenvalue weighted by molar-refractivity contribution is 0.0697. The number of carboxylic acid groups (broad SMARTS) is 1. The normalized spacial score (nSPS) is 11.7. The Labute approximate surface area is 186 Å². The summed E-state index contributed by atoms with van der Waals surface area (Å²) in [6.07, 6.45) is 1.67. The minimum Gasteiger partial charge on any atom is -0.478 e. The maximum Gasteiger partial charge on any atom is 0.337 e. The number of aryl methyl sites for hydroxylation is 1. The minimum absolute atomic E-state index is 0.0000409. The van der Waals surface area contributed by atoms with Crippen molar-refractivity contribution in [3.8, 4) is 11.3 Å². The molecule has 2 heterocycles. The first-order valence-electron chi connectivity index (χ1n) is 9.41. The highest BCUT2D eigenvalue weighted by atomic mass is 35.5. The number of rotatable bonds is 5. The van der Waals surface area contributed by atoms with Gasteiger partial charge in [-0.2, -0.15) is 0 Å². The number of aromatic nitrogens is 1. The SMILES string of the molecule is C=c1s/c(=C\c2ccc(-c3ccc(Cl)c(C(=O)O)c3)o2)c(=O)n1Cc1ccc(C)cc1. The molecule has 0 radical (unpaired) electrons. The second-order valence-electron chi connectivity index (χ2n) is 7.08. The largest absolute Gasteiger partial charge is 0.478 e. The number of hydrogen-bond donors (Lipinski definition) is 1. The van der Waals surface area contributed by atoms with Gasteiger partial charge in [0, 0.05) is 11.6 Å². The van der Waals surface area contributed by atoms with Crippen molar-refractivity contribution in [2.75, 3.05) is 0 Å². The lowest BCUT2D eigenvalue weighted by atomic mass is 10.1. The van der Waals surface area contributed by atoms with Gasteiger partial charge in [-0.3, -0.25) is 9.36 Å². The molecule has 0 aliphatic rings. The monoisotopic (exact) mass is 451 g/mol. The second-order valence-corrected chi connectivity index (χ2v) is 8.61. The van der Waals surface area contributed by atoms with E-state index in [1.165, 1.54) is 23.5 Å². The van der Waals surface area contributed by atoms with E-state index in [1.54, 1.807) is 28.8 Å². The molecule has 0 aliphatic heterocycles. The molecular weight excluding hydrogens is 434 g/mol. The summed E-state index contributed by atoms with van der Waals surface area (Å²) in [5, 5.41) is 9.41. The molecular formula is C24H18ClNO4S. The molecule has 0 spiro atoms. The number of carbonyl (C=O) groups is 1. The van der Waals surface area contributed by atoms with Crippen LogP contribution in [-0.4, -0.2) is 15.6 Å². The van der Waals surface area contributed by atoms with Crippen molar-refractivity contribution >= 4 is 41.6 Å². The predicted octanol–water partition coefficient (Wildman–Crippen LogP) is 4.12. The Morgan fingerprint density at radius 3 is 2.65 bits per heavy atom. The van der Waals surface area contributed by atoms with Gasteiger partial charge in [-0.05, 0) is 42.8 Å². The van der Waals surface area contributed by atoms with Crippen LogP contribution in [0.2, 0.25) is 5.02 Å². The molecule has 0 unspecified atom stereocenters. The first-order chi connectivity index (χ1) is 14.8. The van der Waals surface area contributed by atoms with Crippen molar-refractivity contribution in [1.82, 2.24) is 4.57 Å². The third kappa shape index (κ3) is 4.40. The van der Waals surface area contributed by atoms with Gasteiger partial charge in [-0.1, -0.05) is 48.0 Å². The molecule has 0 fully saturated rings. The number of carboxylic acids is 1. The highest BCUT2D eigenvalue weighted by Crippen LogP contribution is 2.27. The molecule has 2 aromatic carbocycles. The van der Waals surface area contributed by atoms with Crippen molar-refractivity contribution in [3.05, 3.63) is 102 Å². The molecule has 4 rings (SSSR count). The summed E-state index contributed by atoms with van der Waals surface area (Å²) in [4.78, 5) is 24.2. The highest BCUT2D eigenvalue weighted by Gasteiger charge is 2.12. The van der Waals surface area contributed by atoms with Crippen LogP contribution < -0.4 is 14.8 Å². The van der Waals surface area contributed by atoms with Crippen molar-refractivity contribution in [2.45, 2.75) is 13.5 Å². The van der Waals surface area contributed by atoms with E-state index in [4.69, 9.17) is 16.0 Å². The number of halogens is 1. The maximum absolute atomic E-state index is 12.9. The molecule has 156 valence electrons. The van der Waals surface area contributed by atoms with Gasteiger partial charge >= 0.3 is 5.97 Å². The topological polar surface area (TPSA) is 72.4 Å². The van der Waals surface area contributed by atoms with E-state index in [9.17, 15) is 14.7 Å². The van der Waals surface area contributed by atoms with E-state index in [2.05, 4.69) is 6.58 Å². The van der Waals surface area contributed by atoms with E-state index in [0.29, 0.717) is 32.8 Å². The molecule has 4 aromatic rings. The predicted molar refractivity (Wildman–Crippen MR) is 123 cm³/mol. The van der Waals surface area contributed by atoms with Gasteiger partial charge in [-0.15, -0.1) is 11.3 Å². The zero-order valence-electron chi connectivity index (χ0n) is 16.6. The molecule has 7 heteroatoms. The summed E-state index contributed by atoms with van der Waals surface area (Å²) >= 11 is 7.23. The zero-order valence-corrected chi connectivity index (χ0v) is 18.2. The Morgan fingerprint density at radius 2 is 1.94 bits per heavy atom. The number of aromatic carboxylic acids is 1. The summed E-state index contributed by atoms with van der Waals surface area (Å²) in [6.45, 7) is 6.48. The van der Waals surface area contributed by atoms with Gasteiger partial charge in [0.1, 0.15) is 11.5 Å². The Morgan fingerprint density at radius 1 is 1.19 bits per heavy atom. The van der Waals surface area contributed by atoms with E-state index in [-0.39, 0.29) is 16.1 Å². The van der Waals surface area contributed by atoms with E-state index < -0.39 is 5.97 Å². The fourth-order valence-corrected chi connectivity index (χ4v) is 4.24. The smallest absolute Gasteiger partial charge is 0.337 e. The minimum atomic E-state index is -1.11. The molecule has 0 amide bonds. The lowest BCUT2D eigenvalue weighted by Crippen LogP contribution is -2.31. The van der Waals surface area contributed by atoms with Crippen LogP contribution in [0, 0.1) is 6.92 Å². The van der Waals surface area contributed by atoms with Crippen LogP contribution in [-0.2, 0) is 6.54 Å². The van der Waals surface area contributed by atoms with Crippen molar-refractivity contribution < 1.29 is 14.3 Å². The van der Waals surface area contributed by atoms with E-state index in [0.717, 1.165) is 11.1 Å². The molecule has 0 atom stereocenters. The van der Waals surface area contributed by atoms with Crippen LogP contribution in [0.25, 0.3) is 24.0 Å². The number of nitrogens with zero attached hydrogens (tertiary/aromatic N) is 1. The summed E-state index contributed by atoms with van der Waals surface area (Å²) in [5.41, 5.74) is 2.64. The van der Waals surface area contributed by atoms with Gasteiger partial charge in [-0.25, -0.2) is 4.79 Å². The Bertz CT molecular complexity index is 1440. The summed E-state index contributed by atoms with van der Waals surface area (Å²) in [6, 6.07) is 16.1. The standard InChI is InChI=1S/C24H18ClNO4S/c1-14-3-5-16(6-4-14)13-26-15(2)31-22(23(26)27)12-18-8-10-21(30-18)17-7-9-20(25)19(11-17)24(28)29/h3-12H,2,13H2,1H3,(H,28,29)/b22-12-. The second kappa shape index (κ2) is 8.41. The summed E-state index contributed by atoms with van der Waals surface area (Å²) in [5.74, 6) is -0.139. The third-order valence-electron chi connectivity index (χ3n) is 4.83. The molecule has 31 heavy (non-hydrogen) atoms. The Hall–Kier alpha value is -3.35. The molecule has 5 nitrogen and oxygen atoms in total.